The number of amides is 1. The minimum Gasteiger partial charge on any atom is -0.367 e. The average Bonchev–Trinajstić information content (AvgIpc) is 2.46. The first-order valence-electron chi connectivity index (χ1n) is 7.84. The van der Waals surface area contributed by atoms with Crippen molar-refractivity contribution in [3.8, 4) is 0 Å². The number of likely N-dealkylation sites (tertiary alicyclic amines) is 1. The summed E-state index contributed by atoms with van der Waals surface area (Å²) in [6.07, 6.45) is -1.32. The molecule has 128 valence electrons. The molecule has 1 aliphatic rings. The first-order chi connectivity index (χ1) is 10.8. The molecule has 23 heavy (non-hydrogen) atoms. The van der Waals surface area contributed by atoms with Gasteiger partial charge in [-0.15, -0.1) is 0 Å². The van der Waals surface area contributed by atoms with Crippen LogP contribution in [0.15, 0.2) is 18.3 Å². The molecule has 1 N–H and O–H groups in total. The molecule has 1 aromatic rings. The van der Waals surface area contributed by atoms with Crippen LogP contribution < -0.4 is 5.32 Å². The number of rotatable bonds is 4. The van der Waals surface area contributed by atoms with Crippen molar-refractivity contribution in [2.45, 2.75) is 45.3 Å². The Hall–Kier alpha value is -1.79. The predicted octanol–water partition coefficient (Wildman–Crippen LogP) is 3.55. The zero-order valence-electron chi connectivity index (χ0n) is 13.4. The van der Waals surface area contributed by atoms with E-state index < -0.39 is 11.7 Å². The molecule has 0 saturated carbocycles. The number of carbonyl (C=O) groups is 1. The van der Waals surface area contributed by atoms with E-state index in [9.17, 15) is 18.0 Å². The van der Waals surface area contributed by atoms with E-state index in [2.05, 4.69) is 10.3 Å². The normalized spacial score (nSPS) is 16.7. The molecule has 0 aromatic carbocycles. The van der Waals surface area contributed by atoms with Gasteiger partial charge in [-0.1, -0.05) is 13.8 Å². The molecule has 1 fully saturated rings. The van der Waals surface area contributed by atoms with Gasteiger partial charge in [0.05, 0.1) is 5.56 Å². The lowest BCUT2D eigenvalue weighted by Gasteiger charge is -2.33. The Morgan fingerprint density at radius 1 is 1.39 bits per heavy atom. The van der Waals surface area contributed by atoms with Crippen LogP contribution >= 0.6 is 0 Å². The van der Waals surface area contributed by atoms with Gasteiger partial charge in [0, 0.05) is 31.7 Å². The van der Waals surface area contributed by atoms with Crippen molar-refractivity contribution in [3.05, 3.63) is 23.9 Å². The fraction of sp³-hybridized carbons (Fsp3) is 0.625. The molecular formula is C16H22F3N3O. The van der Waals surface area contributed by atoms with Crippen molar-refractivity contribution in [2.75, 3.05) is 18.4 Å². The summed E-state index contributed by atoms with van der Waals surface area (Å²) < 4.78 is 38.9. The van der Waals surface area contributed by atoms with Gasteiger partial charge in [0.15, 0.2) is 0 Å². The van der Waals surface area contributed by atoms with Crippen LogP contribution in [-0.4, -0.2) is 34.9 Å². The van der Waals surface area contributed by atoms with Gasteiger partial charge >= 0.3 is 6.18 Å². The van der Waals surface area contributed by atoms with Crippen LogP contribution in [0.1, 0.15) is 38.7 Å². The predicted molar refractivity (Wildman–Crippen MR) is 81.9 cm³/mol. The van der Waals surface area contributed by atoms with Crippen LogP contribution in [0.4, 0.5) is 19.0 Å². The molecule has 0 unspecified atom stereocenters. The van der Waals surface area contributed by atoms with Gasteiger partial charge in [0.25, 0.3) is 0 Å². The van der Waals surface area contributed by atoms with Gasteiger partial charge in [-0.25, -0.2) is 4.98 Å². The van der Waals surface area contributed by atoms with Gasteiger partial charge in [0.2, 0.25) is 5.91 Å². The van der Waals surface area contributed by atoms with Gasteiger partial charge in [0.1, 0.15) is 5.82 Å². The smallest absolute Gasteiger partial charge is 0.367 e. The largest absolute Gasteiger partial charge is 0.419 e. The standard InChI is InChI=1S/C16H22F3N3O/c1-11(2)10-14(23)22-8-5-12(6-9-22)21-15-13(16(17,18)19)4-3-7-20-15/h3-4,7,11-12H,5-6,8-10H2,1-2H3,(H,20,21). The maximum absolute atomic E-state index is 13.0. The number of alkyl halides is 3. The molecule has 1 aliphatic heterocycles. The number of hydrogen-bond acceptors (Lipinski definition) is 3. The SMILES string of the molecule is CC(C)CC(=O)N1CCC(Nc2ncccc2C(F)(F)F)CC1. The second-order valence-corrected chi connectivity index (χ2v) is 6.29. The first-order valence-corrected chi connectivity index (χ1v) is 7.84. The van der Waals surface area contributed by atoms with Gasteiger partial charge < -0.3 is 10.2 Å². The van der Waals surface area contributed by atoms with Crippen molar-refractivity contribution in [1.29, 1.82) is 0 Å². The molecule has 7 heteroatoms. The molecule has 1 aromatic heterocycles. The van der Waals surface area contributed by atoms with Crippen LogP contribution in [0.5, 0.6) is 0 Å². The Balaban J connectivity index is 1.94. The first kappa shape index (κ1) is 17.6. The van der Waals surface area contributed by atoms with E-state index in [0.29, 0.717) is 38.3 Å². The summed E-state index contributed by atoms with van der Waals surface area (Å²) in [5.41, 5.74) is -0.752. The van der Waals surface area contributed by atoms with Gasteiger partial charge in [-0.05, 0) is 30.9 Å². The summed E-state index contributed by atoms with van der Waals surface area (Å²) >= 11 is 0. The average molecular weight is 329 g/mol. The van der Waals surface area contributed by atoms with E-state index in [1.807, 2.05) is 13.8 Å². The van der Waals surface area contributed by atoms with E-state index in [4.69, 9.17) is 0 Å². The summed E-state index contributed by atoms with van der Waals surface area (Å²) in [7, 11) is 0. The quantitative estimate of drug-likeness (QED) is 0.919. The van der Waals surface area contributed by atoms with Crippen LogP contribution in [0, 0.1) is 5.92 Å². The second-order valence-electron chi connectivity index (χ2n) is 6.29. The number of carbonyl (C=O) groups excluding carboxylic acids is 1. The number of hydrogen-bond donors (Lipinski definition) is 1. The van der Waals surface area contributed by atoms with E-state index in [0.717, 1.165) is 6.07 Å². The molecule has 0 atom stereocenters. The number of pyridine rings is 1. The van der Waals surface area contributed by atoms with E-state index >= 15 is 0 Å². The topological polar surface area (TPSA) is 45.2 Å². The summed E-state index contributed by atoms with van der Waals surface area (Å²) in [6, 6.07) is 2.20. The van der Waals surface area contributed by atoms with Crippen molar-refractivity contribution in [1.82, 2.24) is 9.88 Å². The Kier molecular flexibility index (Phi) is 5.49. The highest BCUT2D eigenvalue weighted by atomic mass is 19.4. The fourth-order valence-electron chi connectivity index (χ4n) is 2.69. The highest BCUT2D eigenvalue weighted by Crippen LogP contribution is 2.34. The molecule has 0 radical (unpaired) electrons. The maximum Gasteiger partial charge on any atom is 0.419 e. The Morgan fingerprint density at radius 3 is 2.61 bits per heavy atom. The lowest BCUT2D eigenvalue weighted by molar-refractivity contribution is -0.137. The molecule has 4 nitrogen and oxygen atoms in total. The number of nitrogens with zero attached hydrogens (tertiary/aromatic N) is 2. The monoisotopic (exact) mass is 329 g/mol. The Labute approximate surface area is 134 Å². The molecule has 2 rings (SSSR count). The fourth-order valence-corrected chi connectivity index (χ4v) is 2.69. The number of piperidine rings is 1. The van der Waals surface area contributed by atoms with E-state index in [1.165, 1.54) is 12.3 Å². The number of anilines is 1. The van der Waals surface area contributed by atoms with Gasteiger partial charge in [-0.3, -0.25) is 4.79 Å². The van der Waals surface area contributed by atoms with Crippen LogP contribution in [-0.2, 0) is 11.0 Å². The third kappa shape index (κ3) is 4.84. The zero-order valence-corrected chi connectivity index (χ0v) is 13.4. The summed E-state index contributed by atoms with van der Waals surface area (Å²) in [4.78, 5) is 17.6. The highest BCUT2D eigenvalue weighted by Gasteiger charge is 2.35. The van der Waals surface area contributed by atoms with Crippen LogP contribution in [0.2, 0.25) is 0 Å². The molecule has 2 heterocycles. The minimum absolute atomic E-state index is 0.103. The van der Waals surface area contributed by atoms with Crippen molar-refractivity contribution >= 4 is 11.7 Å². The van der Waals surface area contributed by atoms with E-state index in [-0.39, 0.29) is 17.8 Å². The minimum atomic E-state index is -4.43. The summed E-state index contributed by atoms with van der Waals surface area (Å²) in [5.74, 6) is 0.292. The van der Waals surface area contributed by atoms with Crippen LogP contribution in [0.25, 0.3) is 0 Å². The lowest BCUT2D eigenvalue weighted by atomic mass is 10.0. The number of aromatic nitrogens is 1. The van der Waals surface area contributed by atoms with Crippen LogP contribution in [0.3, 0.4) is 0 Å². The molecule has 0 spiro atoms. The third-order valence-corrected chi connectivity index (χ3v) is 3.88. The van der Waals surface area contributed by atoms with Crippen molar-refractivity contribution in [3.63, 3.8) is 0 Å². The zero-order chi connectivity index (χ0) is 17.0. The molecule has 1 saturated heterocycles. The Morgan fingerprint density at radius 2 is 2.04 bits per heavy atom. The lowest BCUT2D eigenvalue weighted by Crippen LogP contribution is -2.43. The molecular weight excluding hydrogens is 307 g/mol. The van der Waals surface area contributed by atoms with Gasteiger partial charge in [-0.2, -0.15) is 13.2 Å². The molecule has 0 aliphatic carbocycles. The van der Waals surface area contributed by atoms with E-state index in [1.54, 1.807) is 4.90 Å². The number of nitrogens with one attached hydrogen (secondary N) is 1. The second kappa shape index (κ2) is 7.19. The van der Waals surface area contributed by atoms with Crippen molar-refractivity contribution < 1.29 is 18.0 Å². The molecule has 1 amide bonds. The van der Waals surface area contributed by atoms with Crippen molar-refractivity contribution in [2.24, 2.45) is 5.92 Å². The summed E-state index contributed by atoms with van der Waals surface area (Å²) in [5, 5.41) is 2.89. The summed E-state index contributed by atoms with van der Waals surface area (Å²) in [6.45, 7) is 5.12. The highest BCUT2D eigenvalue weighted by molar-refractivity contribution is 5.76. The third-order valence-electron chi connectivity index (χ3n) is 3.88. The number of halogens is 3. The maximum atomic E-state index is 13.0. The molecule has 0 bridgehead atoms. The Bertz CT molecular complexity index is 538.